The number of aromatic nitrogens is 1. The van der Waals surface area contributed by atoms with Gasteiger partial charge in [0.1, 0.15) is 0 Å². The number of carbonyl (C=O) groups excluding carboxylic acids is 1. The molecule has 5 nitrogen and oxygen atoms in total. The van der Waals surface area contributed by atoms with Crippen molar-refractivity contribution in [3.05, 3.63) is 45.4 Å². The minimum absolute atomic E-state index is 0.180. The Balaban J connectivity index is 2.09. The molecule has 2 aromatic rings. The maximum atomic E-state index is 12.2. The molecule has 0 spiro atoms. The molecule has 0 aliphatic heterocycles. The van der Waals surface area contributed by atoms with Crippen molar-refractivity contribution in [2.75, 3.05) is 5.43 Å². The van der Waals surface area contributed by atoms with Crippen LogP contribution in [-0.4, -0.2) is 10.9 Å². The van der Waals surface area contributed by atoms with Gasteiger partial charge in [-0.3, -0.25) is 15.6 Å². The summed E-state index contributed by atoms with van der Waals surface area (Å²) in [5.74, 6) is 5.26. The highest BCUT2D eigenvalue weighted by Gasteiger charge is 2.12. The van der Waals surface area contributed by atoms with Crippen LogP contribution in [0.25, 0.3) is 0 Å². The molecule has 2 heterocycles. The molecule has 0 fully saturated rings. The molecule has 0 aliphatic rings. The normalized spacial score (nSPS) is 10.3. The highest BCUT2D eigenvalue weighted by atomic mass is 32.1. The van der Waals surface area contributed by atoms with Crippen LogP contribution in [0.3, 0.4) is 0 Å². The number of hydrogen-bond acceptors (Lipinski definition) is 5. The average molecular weight is 290 g/mol. The van der Waals surface area contributed by atoms with Gasteiger partial charge in [0.25, 0.3) is 5.91 Å². The summed E-state index contributed by atoms with van der Waals surface area (Å²) < 4.78 is 0. The van der Waals surface area contributed by atoms with Crippen LogP contribution in [0.2, 0.25) is 0 Å². The van der Waals surface area contributed by atoms with E-state index in [1.165, 1.54) is 16.6 Å². The minimum Gasteiger partial charge on any atom is -0.347 e. The van der Waals surface area contributed by atoms with E-state index in [9.17, 15) is 4.79 Å². The number of nitrogen functional groups attached to an aromatic ring is 1. The molecule has 0 aliphatic carbocycles. The van der Waals surface area contributed by atoms with Gasteiger partial charge in [0.2, 0.25) is 0 Å². The molecule has 0 unspecified atom stereocenters. The first-order chi connectivity index (χ1) is 9.65. The van der Waals surface area contributed by atoms with Crippen LogP contribution in [0.1, 0.15) is 33.4 Å². The van der Waals surface area contributed by atoms with Crippen molar-refractivity contribution >= 4 is 22.9 Å². The van der Waals surface area contributed by atoms with Crippen molar-refractivity contribution in [1.29, 1.82) is 0 Å². The first-order valence-corrected chi connectivity index (χ1v) is 7.30. The second kappa shape index (κ2) is 6.49. The number of amides is 1. The van der Waals surface area contributed by atoms with Crippen LogP contribution >= 0.6 is 11.3 Å². The molecule has 0 radical (unpaired) electrons. The summed E-state index contributed by atoms with van der Waals surface area (Å²) in [6, 6.07) is 3.84. The Kier molecular flexibility index (Phi) is 4.70. The number of carbonyl (C=O) groups is 1. The molecule has 0 atom stereocenters. The molecule has 20 heavy (non-hydrogen) atoms. The third-order valence-electron chi connectivity index (χ3n) is 3.07. The van der Waals surface area contributed by atoms with Gasteiger partial charge in [-0.2, -0.15) is 0 Å². The van der Waals surface area contributed by atoms with Crippen LogP contribution in [0.5, 0.6) is 0 Å². The molecule has 0 saturated heterocycles. The molecule has 2 rings (SSSR count). The number of hydrazine groups is 1. The van der Waals surface area contributed by atoms with E-state index in [0.717, 1.165) is 12.1 Å². The summed E-state index contributed by atoms with van der Waals surface area (Å²) in [6.07, 6.45) is 2.51. The van der Waals surface area contributed by atoms with Crippen LogP contribution in [0.4, 0.5) is 5.69 Å². The molecule has 0 aromatic carbocycles. The third-order valence-corrected chi connectivity index (χ3v) is 4.03. The molecule has 106 valence electrons. The van der Waals surface area contributed by atoms with E-state index in [2.05, 4.69) is 28.7 Å². The standard InChI is InChI=1S/C14H18N4OS/c1-3-10-4-5-20-13(10)8-17-14(19)11-7-16-9(2)6-12(11)18-15/h4-7H,3,8,15H2,1-2H3,(H,16,18)(H,17,19). The van der Waals surface area contributed by atoms with Gasteiger partial charge < -0.3 is 10.7 Å². The number of thiophene rings is 1. The summed E-state index contributed by atoms with van der Waals surface area (Å²) in [5.41, 5.74) is 5.65. The zero-order valence-electron chi connectivity index (χ0n) is 11.6. The number of nitrogens with one attached hydrogen (secondary N) is 2. The lowest BCUT2D eigenvalue weighted by Crippen LogP contribution is -2.25. The maximum Gasteiger partial charge on any atom is 0.255 e. The van der Waals surface area contributed by atoms with Gasteiger partial charge in [-0.1, -0.05) is 6.92 Å². The van der Waals surface area contributed by atoms with Crippen LogP contribution < -0.4 is 16.6 Å². The van der Waals surface area contributed by atoms with E-state index in [0.29, 0.717) is 17.8 Å². The average Bonchev–Trinajstić information content (AvgIpc) is 2.92. The van der Waals surface area contributed by atoms with Crippen molar-refractivity contribution in [1.82, 2.24) is 10.3 Å². The summed E-state index contributed by atoms with van der Waals surface area (Å²) in [5, 5.41) is 4.95. The lowest BCUT2D eigenvalue weighted by atomic mass is 10.2. The molecule has 4 N–H and O–H groups in total. The molecule has 0 bridgehead atoms. The Labute approximate surface area is 122 Å². The van der Waals surface area contributed by atoms with Gasteiger partial charge in [-0.25, -0.2) is 0 Å². The Morgan fingerprint density at radius 3 is 3.00 bits per heavy atom. The monoisotopic (exact) mass is 290 g/mol. The van der Waals surface area contributed by atoms with E-state index in [-0.39, 0.29) is 5.91 Å². The fourth-order valence-corrected chi connectivity index (χ4v) is 2.87. The fourth-order valence-electron chi connectivity index (χ4n) is 1.95. The molecule has 6 heteroatoms. The van der Waals surface area contributed by atoms with Crippen molar-refractivity contribution in [2.24, 2.45) is 5.84 Å². The van der Waals surface area contributed by atoms with E-state index < -0.39 is 0 Å². The summed E-state index contributed by atoms with van der Waals surface area (Å²) in [4.78, 5) is 17.5. The van der Waals surface area contributed by atoms with E-state index >= 15 is 0 Å². The number of hydrogen-bond donors (Lipinski definition) is 3. The van der Waals surface area contributed by atoms with Crippen LogP contribution in [-0.2, 0) is 13.0 Å². The van der Waals surface area contributed by atoms with Crippen molar-refractivity contribution < 1.29 is 4.79 Å². The lowest BCUT2D eigenvalue weighted by Gasteiger charge is -2.10. The predicted molar refractivity (Wildman–Crippen MR) is 81.7 cm³/mol. The zero-order chi connectivity index (χ0) is 14.5. The SMILES string of the molecule is CCc1ccsc1CNC(=O)c1cnc(C)cc1NN. The Morgan fingerprint density at radius 1 is 1.50 bits per heavy atom. The van der Waals surface area contributed by atoms with Gasteiger partial charge in [0.15, 0.2) is 0 Å². The Bertz CT molecular complexity index is 609. The number of aryl methyl sites for hydroxylation is 2. The summed E-state index contributed by atoms with van der Waals surface area (Å²) in [6.45, 7) is 4.48. The molecular weight excluding hydrogens is 272 g/mol. The maximum absolute atomic E-state index is 12.2. The van der Waals surface area contributed by atoms with Crippen LogP contribution in [0, 0.1) is 6.92 Å². The van der Waals surface area contributed by atoms with Gasteiger partial charge >= 0.3 is 0 Å². The smallest absolute Gasteiger partial charge is 0.255 e. The zero-order valence-corrected chi connectivity index (χ0v) is 12.4. The predicted octanol–water partition coefficient (Wildman–Crippen LogP) is 2.23. The summed E-state index contributed by atoms with van der Waals surface area (Å²) >= 11 is 1.65. The van der Waals surface area contributed by atoms with Crippen LogP contribution in [0.15, 0.2) is 23.7 Å². The van der Waals surface area contributed by atoms with Crippen molar-refractivity contribution in [3.8, 4) is 0 Å². The Morgan fingerprint density at radius 2 is 2.30 bits per heavy atom. The number of nitrogens with two attached hydrogens (primary N) is 1. The highest BCUT2D eigenvalue weighted by molar-refractivity contribution is 7.10. The summed E-state index contributed by atoms with van der Waals surface area (Å²) in [7, 11) is 0. The van der Waals surface area contributed by atoms with E-state index in [4.69, 9.17) is 5.84 Å². The lowest BCUT2D eigenvalue weighted by molar-refractivity contribution is 0.0951. The Hall–Kier alpha value is -1.92. The largest absolute Gasteiger partial charge is 0.347 e. The van der Waals surface area contributed by atoms with Crippen molar-refractivity contribution in [3.63, 3.8) is 0 Å². The fraction of sp³-hybridized carbons (Fsp3) is 0.286. The molecule has 2 aromatic heterocycles. The second-order valence-corrected chi connectivity index (χ2v) is 5.42. The van der Waals surface area contributed by atoms with E-state index in [1.54, 1.807) is 17.4 Å². The first-order valence-electron chi connectivity index (χ1n) is 6.42. The van der Waals surface area contributed by atoms with E-state index in [1.807, 2.05) is 12.3 Å². The van der Waals surface area contributed by atoms with Gasteiger partial charge in [-0.05, 0) is 36.4 Å². The molecular formula is C14H18N4OS. The quantitative estimate of drug-likeness (QED) is 0.583. The third kappa shape index (κ3) is 3.15. The molecule has 0 saturated carbocycles. The first kappa shape index (κ1) is 14.5. The number of anilines is 1. The number of nitrogens with zero attached hydrogens (tertiary/aromatic N) is 1. The second-order valence-electron chi connectivity index (χ2n) is 4.42. The van der Waals surface area contributed by atoms with Crippen molar-refractivity contribution in [2.45, 2.75) is 26.8 Å². The minimum atomic E-state index is -0.180. The van der Waals surface area contributed by atoms with Gasteiger partial charge in [0, 0.05) is 16.8 Å². The van der Waals surface area contributed by atoms with Gasteiger partial charge in [0.05, 0.1) is 17.8 Å². The number of rotatable bonds is 5. The van der Waals surface area contributed by atoms with Gasteiger partial charge in [-0.15, -0.1) is 11.3 Å². The molecule has 1 amide bonds. The topological polar surface area (TPSA) is 80.0 Å². The highest BCUT2D eigenvalue weighted by Crippen LogP contribution is 2.18. The number of pyridine rings is 1.